The van der Waals surface area contributed by atoms with E-state index in [2.05, 4.69) is 17.1 Å². The monoisotopic (exact) mass is 284 g/mol. The van der Waals surface area contributed by atoms with Crippen molar-refractivity contribution in [3.05, 3.63) is 29.3 Å². The first kappa shape index (κ1) is 14.7. The van der Waals surface area contributed by atoms with Crippen LogP contribution in [0.5, 0.6) is 5.75 Å². The van der Waals surface area contributed by atoms with Crippen molar-refractivity contribution in [2.24, 2.45) is 0 Å². The van der Waals surface area contributed by atoms with Crippen LogP contribution in [0.25, 0.3) is 0 Å². The Balaban J connectivity index is 2.03. The van der Waals surface area contributed by atoms with Gasteiger partial charge in [-0.2, -0.15) is 0 Å². The summed E-state index contributed by atoms with van der Waals surface area (Å²) in [5.41, 5.74) is -0.496. The van der Waals surface area contributed by atoms with Gasteiger partial charge in [0.25, 0.3) is 5.91 Å². The molecule has 4 nitrogen and oxygen atoms in total. The lowest BCUT2D eigenvalue weighted by atomic mass is 10.0. The summed E-state index contributed by atoms with van der Waals surface area (Å²) in [6.07, 6.45) is 1.56. The molecule has 110 valence electrons. The molecule has 20 heavy (non-hydrogen) atoms. The second-order valence-electron chi connectivity index (χ2n) is 4.96. The van der Waals surface area contributed by atoms with Crippen LogP contribution >= 0.6 is 0 Å². The predicted molar refractivity (Wildman–Crippen MR) is 70.6 cm³/mol. The molecule has 0 atom stereocenters. The number of nitrogens with one attached hydrogen (secondary N) is 1. The first-order valence-corrected chi connectivity index (χ1v) is 6.72. The fraction of sp³-hybridized carbons (Fsp3) is 0.500. The lowest BCUT2D eigenvalue weighted by Crippen LogP contribution is -2.44. The number of halogens is 2. The number of hydrogen-bond donors (Lipinski definition) is 2. The highest BCUT2D eigenvalue weighted by Crippen LogP contribution is 2.22. The van der Waals surface area contributed by atoms with E-state index in [4.69, 9.17) is 0 Å². The maximum Gasteiger partial charge on any atom is 0.258 e. The van der Waals surface area contributed by atoms with Gasteiger partial charge >= 0.3 is 0 Å². The number of aromatic hydroxyl groups is 1. The third-order valence-electron chi connectivity index (χ3n) is 3.63. The van der Waals surface area contributed by atoms with Crippen molar-refractivity contribution in [1.29, 1.82) is 0 Å². The van der Waals surface area contributed by atoms with E-state index in [9.17, 15) is 18.7 Å². The second kappa shape index (κ2) is 6.17. The van der Waals surface area contributed by atoms with Crippen molar-refractivity contribution in [3.8, 4) is 5.75 Å². The summed E-state index contributed by atoms with van der Waals surface area (Å²) in [7, 11) is 0. The Hall–Kier alpha value is -1.69. The fourth-order valence-corrected chi connectivity index (χ4v) is 2.44. The molecule has 1 fully saturated rings. The topological polar surface area (TPSA) is 52.6 Å². The number of benzene rings is 1. The molecule has 1 aromatic rings. The van der Waals surface area contributed by atoms with Crippen molar-refractivity contribution in [3.63, 3.8) is 0 Å². The Morgan fingerprint density at radius 2 is 2.05 bits per heavy atom. The molecule has 0 aliphatic carbocycles. The minimum absolute atomic E-state index is 0.0471. The standard InChI is InChI=1S/C14H18F2N2O2/c1-2-18-5-3-10(4-6-18)17-14(20)13-11(16)7-9(15)8-12(13)19/h7-8,10,19H,2-6H2,1H3,(H,17,20). The van der Waals surface area contributed by atoms with Crippen molar-refractivity contribution in [2.45, 2.75) is 25.8 Å². The van der Waals surface area contributed by atoms with Gasteiger partial charge in [-0.1, -0.05) is 6.92 Å². The summed E-state index contributed by atoms with van der Waals surface area (Å²) in [4.78, 5) is 14.2. The average Bonchev–Trinajstić information content (AvgIpc) is 2.38. The van der Waals surface area contributed by atoms with E-state index in [-0.39, 0.29) is 6.04 Å². The third kappa shape index (κ3) is 3.25. The molecule has 0 spiro atoms. The molecule has 0 bridgehead atoms. The summed E-state index contributed by atoms with van der Waals surface area (Å²) in [6, 6.07) is 1.28. The summed E-state index contributed by atoms with van der Waals surface area (Å²) in [5, 5.41) is 12.2. The number of carbonyl (C=O) groups is 1. The maximum atomic E-state index is 13.6. The van der Waals surface area contributed by atoms with E-state index in [0.717, 1.165) is 38.5 Å². The van der Waals surface area contributed by atoms with Crippen LogP contribution in [0.3, 0.4) is 0 Å². The smallest absolute Gasteiger partial charge is 0.258 e. The molecule has 0 aromatic heterocycles. The molecule has 6 heteroatoms. The summed E-state index contributed by atoms with van der Waals surface area (Å²) < 4.78 is 26.4. The number of nitrogens with zero attached hydrogens (tertiary/aromatic N) is 1. The molecule has 0 saturated carbocycles. The largest absolute Gasteiger partial charge is 0.507 e. The van der Waals surface area contributed by atoms with Crippen molar-refractivity contribution in [2.75, 3.05) is 19.6 Å². The zero-order chi connectivity index (χ0) is 14.7. The lowest BCUT2D eigenvalue weighted by molar-refractivity contribution is 0.0905. The third-order valence-corrected chi connectivity index (χ3v) is 3.63. The Bertz CT molecular complexity index is 477. The second-order valence-corrected chi connectivity index (χ2v) is 4.96. The number of piperidine rings is 1. The molecule has 2 N–H and O–H groups in total. The molecular formula is C14H18F2N2O2. The van der Waals surface area contributed by atoms with Crippen molar-refractivity contribution < 1.29 is 18.7 Å². The molecule has 2 rings (SSSR count). The minimum Gasteiger partial charge on any atom is -0.507 e. The van der Waals surface area contributed by atoms with Gasteiger partial charge < -0.3 is 15.3 Å². The number of phenolic OH excluding ortho intramolecular Hbond substituents is 1. The number of rotatable bonds is 3. The summed E-state index contributed by atoms with van der Waals surface area (Å²) >= 11 is 0. The minimum atomic E-state index is -1.05. The number of phenols is 1. The maximum absolute atomic E-state index is 13.6. The lowest BCUT2D eigenvalue weighted by Gasteiger charge is -2.31. The number of carbonyl (C=O) groups excluding carboxylic acids is 1. The summed E-state index contributed by atoms with van der Waals surface area (Å²) in [6.45, 7) is 4.79. The van der Waals surface area contributed by atoms with Gasteiger partial charge in [-0.25, -0.2) is 8.78 Å². The van der Waals surface area contributed by atoms with Crippen molar-refractivity contribution >= 4 is 5.91 Å². The van der Waals surface area contributed by atoms with E-state index < -0.39 is 28.9 Å². The van der Waals surface area contributed by atoms with Crippen molar-refractivity contribution in [1.82, 2.24) is 10.2 Å². The van der Waals surface area contributed by atoms with Crippen LogP contribution in [0.2, 0.25) is 0 Å². The van der Waals surface area contributed by atoms with Gasteiger partial charge in [0.15, 0.2) is 0 Å². The molecule has 1 amide bonds. The van der Waals surface area contributed by atoms with Gasteiger partial charge in [0.1, 0.15) is 22.9 Å². The van der Waals surface area contributed by atoms with Crippen LogP contribution in [-0.2, 0) is 0 Å². The highest BCUT2D eigenvalue weighted by molar-refractivity contribution is 5.97. The highest BCUT2D eigenvalue weighted by atomic mass is 19.1. The molecule has 1 heterocycles. The van der Waals surface area contributed by atoms with Crippen LogP contribution in [0, 0.1) is 11.6 Å². The van der Waals surface area contributed by atoms with Gasteiger partial charge in [0.2, 0.25) is 0 Å². The fourth-order valence-electron chi connectivity index (χ4n) is 2.44. The Morgan fingerprint density at radius 1 is 1.40 bits per heavy atom. The molecule has 1 saturated heterocycles. The van der Waals surface area contributed by atoms with Gasteiger partial charge in [-0.15, -0.1) is 0 Å². The van der Waals surface area contributed by atoms with Crippen LogP contribution < -0.4 is 5.32 Å². The van der Waals surface area contributed by atoms with Crippen LogP contribution in [-0.4, -0.2) is 41.6 Å². The molecule has 1 aliphatic rings. The van der Waals surface area contributed by atoms with Crippen LogP contribution in [0.1, 0.15) is 30.1 Å². The SMILES string of the molecule is CCN1CCC(NC(=O)c2c(O)cc(F)cc2F)CC1. The van der Waals surface area contributed by atoms with E-state index in [1.54, 1.807) is 0 Å². The van der Waals surface area contributed by atoms with Crippen LogP contribution in [0.15, 0.2) is 12.1 Å². The average molecular weight is 284 g/mol. The molecule has 1 aromatic carbocycles. The van der Waals surface area contributed by atoms with E-state index in [0.29, 0.717) is 6.07 Å². The number of likely N-dealkylation sites (tertiary alicyclic amines) is 1. The molecular weight excluding hydrogens is 266 g/mol. The normalized spacial score (nSPS) is 17.1. The Kier molecular flexibility index (Phi) is 4.54. The van der Waals surface area contributed by atoms with Crippen LogP contribution in [0.4, 0.5) is 8.78 Å². The van der Waals surface area contributed by atoms with Gasteiger partial charge in [-0.05, 0) is 19.4 Å². The molecule has 0 unspecified atom stereocenters. The van der Waals surface area contributed by atoms with Gasteiger partial charge in [0.05, 0.1) is 0 Å². The van der Waals surface area contributed by atoms with E-state index in [1.165, 1.54) is 0 Å². The predicted octanol–water partition coefficient (Wildman–Crippen LogP) is 1.88. The van der Waals surface area contributed by atoms with E-state index in [1.807, 2.05) is 0 Å². The highest BCUT2D eigenvalue weighted by Gasteiger charge is 2.24. The Morgan fingerprint density at radius 3 is 2.60 bits per heavy atom. The molecule has 1 aliphatic heterocycles. The number of amides is 1. The first-order valence-electron chi connectivity index (χ1n) is 6.72. The zero-order valence-electron chi connectivity index (χ0n) is 11.3. The molecule has 0 radical (unpaired) electrons. The zero-order valence-corrected chi connectivity index (χ0v) is 11.3. The van der Waals surface area contributed by atoms with Gasteiger partial charge in [-0.3, -0.25) is 4.79 Å². The first-order chi connectivity index (χ1) is 9.51. The summed E-state index contributed by atoms with van der Waals surface area (Å²) in [5.74, 6) is -3.33. The Labute approximate surface area is 116 Å². The number of hydrogen-bond acceptors (Lipinski definition) is 3. The van der Waals surface area contributed by atoms with E-state index >= 15 is 0 Å². The van der Waals surface area contributed by atoms with Gasteiger partial charge in [0, 0.05) is 31.3 Å². The quantitative estimate of drug-likeness (QED) is 0.891.